The number of hydrogen-bond acceptors (Lipinski definition) is 6. The second kappa shape index (κ2) is 15.3. The maximum atomic E-state index is 14.1. The Morgan fingerprint density at radius 1 is 1.07 bits per heavy atom. The summed E-state index contributed by atoms with van der Waals surface area (Å²) in [7, 11) is 0. The molecule has 2 amide bonds. The first-order valence-electron chi connectivity index (χ1n) is 15.5. The Labute approximate surface area is 257 Å². The first-order chi connectivity index (χ1) is 21.2. The van der Waals surface area contributed by atoms with Crippen molar-refractivity contribution in [3.05, 3.63) is 76.6 Å². The number of hydrogen-bond donors (Lipinski definition) is 4. The van der Waals surface area contributed by atoms with Gasteiger partial charge in [-0.05, 0) is 72.9 Å². The predicted octanol–water partition coefficient (Wildman–Crippen LogP) is 5.57. The number of rotatable bonds is 15. The molecule has 0 aromatic heterocycles. The molecular formula is C35H42FNO7. The summed E-state index contributed by atoms with van der Waals surface area (Å²) in [5.41, 5.74) is 3.86. The summed E-state index contributed by atoms with van der Waals surface area (Å²) in [5, 5.41) is 40.7. The fraction of sp³-hybridized carbons (Fsp3) is 0.457. The Balaban J connectivity index is 1.56. The number of amides is 2. The van der Waals surface area contributed by atoms with E-state index in [0.717, 1.165) is 23.1 Å². The monoisotopic (exact) mass is 607 g/mol. The molecule has 4 rings (SSSR count). The van der Waals surface area contributed by atoms with E-state index in [4.69, 9.17) is 5.11 Å². The minimum Gasteiger partial charge on any atom is -0.505 e. The van der Waals surface area contributed by atoms with Crippen molar-refractivity contribution in [2.45, 2.75) is 70.8 Å². The van der Waals surface area contributed by atoms with E-state index in [0.29, 0.717) is 49.7 Å². The third kappa shape index (κ3) is 7.63. The van der Waals surface area contributed by atoms with Crippen LogP contribution in [-0.2, 0) is 14.4 Å². The Morgan fingerprint density at radius 3 is 2.48 bits per heavy atom. The molecule has 1 saturated heterocycles. The second-order valence-corrected chi connectivity index (χ2v) is 11.8. The van der Waals surface area contributed by atoms with Crippen molar-refractivity contribution in [2.24, 2.45) is 17.8 Å². The molecule has 1 heterocycles. The second-order valence-electron chi connectivity index (χ2n) is 11.8. The van der Waals surface area contributed by atoms with Gasteiger partial charge in [0, 0.05) is 18.9 Å². The minimum absolute atomic E-state index is 0.0400. The number of aliphatic hydroxyl groups is 2. The molecule has 2 aromatic carbocycles. The summed E-state index contributed by atoms with van der Waals surface area (Å²) in [6.07, 6.45) is 4.93. The number of benzene rings is 2. The number of allylic oxidation sites excluding steroid dienone is 2. The summed E-state index contributed by atoms with van der Waals surface area (Å²) in [5.74, 6) is -4.65. The lowest BCUT2D eigenvalue weighted by atomic mass is 9.67. The molecule has 2 aliphatic rings. The zero-order valence-corrected chi connectivity index (χ0v) is 25.1. The zero-order chi connectivity index (χ0) is 31.8. The summed E-state index contributed by atoms with van der Waals surface area (Å²) >= 11 is 0. The van der Waals surface area contributed by atoms with Crippen LogP contribution in [0, 0.1) is 23.6 Å². The van der Waals surface area contributed by atoms with Gasteiger partial charge in [-0.25, -0.2) is 4.39 Å². The molecular weight excluding hydrogens is 565 g/mol. The van der Waals surface area contributed by atoms with Crippen molar-refractivity contribution >= 4 is 29.4 Å². The number of carboxylic acids is 1. The molecule has 0 spiro atoms. The van der Waals surface area contributed by atoms with Crippen LogP contribution in [0.25, 0.3) is 11.6 Å². The van der Waals surface area contributed by atoms with Crippen LogP contribution >= 0.6 is 0 Å². The lowest BCUT2D eigenvalue weighted by molar-refractivity contribution is -0.141. The van der Waals surface area contributed by atoms with E-state index in [1.54, 1.807) is 6.07 Å². The van der Waals surface area contributed by atoms with E-state index in [2.05, 4.69) is 0 Å². The number of phenols is 1. The van der Waals surface area contributed by atoms with Gasteiger partial charge < -0.3 is 20.4 Å². The standard InChI is InChI=1S/C35H42FNO7/c1-2-9-25-20-26-33(35(44)37(34(26)43)17-8-4-7-12-31(41)42)27(21-38)32(25)30(40)16-14-24(23-10-5-3-6-11-23)18-22-13-15-29(39)28(36)19-22/h3,5-6,10-11,13,15,18-19,26-27,30,33,38-40H,2,4,7-9,12,14,16-17,20-21H2,1H3,(H,41,42)/b24-18-/t26-,27+,30-,33-/m1/s1. The van der Waals surface area contributed by atoms with Gasteiger partial charge in [-0.1, -0.05) is 67.8 Å². The molecule has 236 valence electrons. The van der Waals surface area contributed by atoms with Gasteiger partial charge in [-0.15, -0.1) is 0 Å². The molecule has 0 unspecified atom stereocenters. The van der Waals surface area contributed by atoms with E-state index < -0.39 is 41.4 Å². The Hall–Kier alpha value is -3.82. The highest BCUT2D eigenvalue weighted by molar-refractivity contribution is 6.05. The number of nitrogens with zero attached hydrogens (tertiary/aromatic N) is 1. The van der Waals surface area contributed by atoms with Crippen LogP contribution in [0.15, 0.2) is 59.7 Å². The molecule has 0 bridgehead atoms. The molecule has 2 aromatic rings. The van der Waals surface area contributed by atoms with Gasteiger partial charge in [0.25, 0.3) is 0 Å². The van der Waals surface area contributed by atoms with Gasteiger partial charge in [0.15, 0.2) is 11.6 Å². The number of imide groups is 1. The number of halogens is 1. The number of aliphatic hydroxyl groups excluding tert-OH is 2. The van der Waals surface area contributed by atoms with Gasteiger partial charge >= 0.3 is 5.97 Å². The maximum absolute atomic E-state index is 14.1. The smallest absolute Gasteiger partial charge is 0.303 e. The minimum atomic E-state index is -0.966. The molecule has 0 saturated carbocycles. The molecule has 1 aliphatic heterocycles. The van der Waals surface area contributed by atoms with E-state index in [1.165, 1.54) is 17.0 Å². The first-order valence-corrected chi connectivity index (χ1v) is 15.5. The number of aliphatic carboxylic acids is 1. The number of carboxylic acid groups (broad SMARTS) is 1. The Kier molecular flexibility index (Phi) is 11.5. The number of phenolic OH excluding ortho intramolecular Hbond substituents is 1. The molecule has 1 aliphatic carbocycles. The molecule has 8 nitrogen and oxygen atoms in total. The van der Waals surface area contributed by atoms with Crippen LogP contribution in [0.2, 0.25) is 0 Å². The quantitative estimate of drug-likeness (QED) is 0.0900. The van der Waals surface area contributed by atoms with E-state index in [9.17, 15) is 34.1 Å². The first kappa shape index (κ1) is 33.1. The van der Waals surface area contributed by atoms with Crippen LogP contribution < -0.4 is 0 Å². The molecule has 44 heavy (non-hydrogen) atoms. The van der Waals surface area contributed by atoms with Crippen LogP contribution in [0.5, 0.6) is 5.75 Å². The maximum Gasteiger partial charge on any atom is 0.303 e. The van der Waals surface area contributed by atoms with Crippen LogP contribution in [0.1, 0.15) is 75.8 Å². The van der Waals surface area contributed by atoms with Crippen molar-refractivity contribution in [3.63, 3.8) is 0 Å². The van der Waals surface area contributed by atoms with Gasteiger partial charge in [0.05, 0.1) is 24.5 Å². The Morgan fingerprint density at radius 2 is 1.82 bits per heavy atom. The molecule has 4 atom stereocenters. The van der Waals surface area contributed by atoms with Gasteiger partial charge in [0.2, 0.25) is 11.8 Å². The topological polar surface area (TPSA) is 135 Å². The highest BCUT2D eigenvalue weighted by atomic mass is 19.1. The number of aromatic hydroxyl groups is 1. The van der Waals surface area contributed by atoms with Crippen molar-refractivity contribution < 1.29 is 39.2 Å². The highest BCUT2D eigenvalue weighted by Crippen LogP contribution is 2.47. The summed E-state index contributed by atoms with van der Waals surface area (Å²) in [6.45, 7) is 1.85. The fourth-order valence-corrected chi connectivity index (χ4v) is 6.72. The van der Waals surface area contributed by atoms with Crippen LogP contribution in [0.3, 0.4) is 0 Å². The van der Waals surface area contributed by atoms with Crippen molar-refractivity contribution in [1.29, 1.82) is 0 Å². The van der Waals surface area contributed by atoms with Crippen molar-refractivity contribution in [1.82, 2.24) is 4.90 Å². The average molecular weight is 608 g/mol. The number of unbranched alkanes of at least 4 members (excludes halogenated alkanes) is 2. The third-order valence-corrected chi connectivity index (χ3v) is 8.80. The van der Waals surface area contributed by atoms with Gasteiger partial charge in [0.1, 0.15) is 0 Å². The lowest BCUT2D eigenvalue weighted by Gasteiger charge is -2.36. The predicted molar refractivity (Wildman–Crippen MR) is 165 cm³/mol. The molecule has 0 radical (unpaired) electrons. The average Bonchev–Trinajstić information content (AvgIpc) is 3.24. The van der Waals surface area contributed by atoms with Gasteiger partial charge in [-0.3, -0.25) is 19.3 Å². The number of carbonyl (C=O) groups excluding carboxylic acids is 2. The third-order valence-electron chi connectivity index (χ3n) is 8.80. The summed E-state index contributed by atoms with van der Waals surface area (Å²) < 4.78 is 14.1. The van der Waals surface area contributed by atoms with Crippen LogP contribution in [-0.4, -0.2) is 62.4 Å². The van der Waals surface area contributed by atoms with E-state index in [1.807, 2.05) is 43.3 Å². The molecule has 1 fully saturated rings. The number of fused-ring (bicyclic) bond motifs is 1. The van der Waals surface area contributed by atoms with Crippen molar-refractivity contribution in [2.75, 3.05) is 13.2 Å². The summed E-state index contributed by atoms with van der Waals surface area (Å²) in [4.78, 5) is 39.0. The Bertz CT molecular complexity index is 1400. The zero-order valence-electron chi connectivity index (χ0n) is 25.1. The highest BCUT2D eigenvalue weighted by Gasteiger charge is 2.54. The summed E-state index contributed by atoms with van der Waals surface area (Å²) in [6, 6.07) is 13.7. The number of carbonyl (C=O) groups is 3. The fourth-order valence-electron chi connectivity index (χ4n) is 6.72. The SMILES string of the molecule is CCCC1=C([C@H](O)CC/C(=C/c2ccc(O)c(F)c2)c2ccccc2)[C@H](CO)[C@@H]2C(=O)N(CCCCCC(=O)O)C(=O)[C@@H]2C1. The van der Waals surface area contributed by atoms with Gasteiger partial charge in [-0.2, -0.15) is 0 Å². The van der Waals surface area contributed by atoms with Crippen LogP contribution in [0.4, 0.5) is 4.39 Å². The van der Waals surface area contributed by atoms with Crippen molar-refractivity contribution in [3.8, 4) is 5.75 Å². The molecule has 4 N–H and O–H groups in total. The largest absolute Gasteiger partial charge is 0.505 e. The van der Waals surface area contributed by atoms with E-state index >= 15 is 0 Å². The number of likely N-dealkylation sites (tertiary alicyclic amines) is 1. The molecule has 9 heteroatoms. The lowest BCUT2D eigenvalue weighted by Crippen LogP contribution is -2.39. The van der Waals surface area contributed by atoms with E-state index in [-0.39, 0.29) is 37.8 Å². The normalized spacial score (nSPS) is 21.1.